The summed E-state index contributed by atoms with van der Waals surface area (Å²) in [5, 5.41) is 2.72. The van der Waals surface area contributed by atoms with Crippen LogP contribution >= 0.6 is 0 Å². The molecule has 7 nitrogen and oxygen atoms in total. The Balaban J connectivity index is 1.45. The van der Waals surface area contributed by atoms with E-state index in [9.17, 15) is 14.4 Å². The van der Waals surface area contributed by atoms with Crippen molar-refractivity contribution < 1.29 is 23.5 Å². The number of rotatable bonds is 5. The van der Waals surface area contributed by atoms with Crippen LogP contribution < -0.4 is 10.2 Å². The lowest BCUT2D eigenvalue weighted by atomic mass is 10.1. The van der Waals surface area contributed by atoms with Crippen molar-refractivity contribution in [1.82, 2.24) is 0 Å². The van der Waals surface area contributed by atoms with E-state index in [0.717, 1.165) is 23.2 Å². The molecule has 0 saturated carbocycles. The molecule has 1 aromatic heterocycles. The Hall–Kier alpha value is -3.87. The maximum Gasteiger partial charge on any atom is 0.338 e. The number of hydrogen-bond acceptors (Lipinski definition) is 5. The molecule has 2 aromatic carbocycles. The third-order valence-electron chi connectivity index (χ3n) is 5.25. The number of carbonyl (C=O) groups excluding carboxylic acids is 3. The molecule has 2 heterocycles. The van der Waals surface area contributed by atoms with Crippen LogP contribution in [0.25, 0.3) is 0 Å². The van der Waals surface area contributed by atoms with E-state index in [2.05, 4.69) is 5.32 Å². The molecule has 0 fully saturated rings. The molecule has 31 heavy (non-hydrogen) atoms. The quantitative estimate of drug-likeness (QED) is 0.633. The molecule has 0 aliphatic carbocycles. The molecule has 3 aromatic rings. The van der Waals surface area contributed by atoms with Crippen LogP contribution in [0.15, 0.2) is 65.3 Å². The molecule has 7 heteroatoms. The summed E-state index contributed by atoms with van der Waals surface area (Å²) in [6.45, 7) is 3.94. The van der Waals surface area contributed by atoms with Crippen molar-refractivity contribution in [3.05, 3.63) is 83.3 Å². The summed E-state index contributed by atoms with van der Waals surface area (Å²) < 4.78 is 10.5. The number of carbonyl (C=O) groups is 3. The van der Waals surface area contributed by atoms with Gasteiger partial charge in [0.2, 0.25) is 0 Å². The van der Waals surface area contributed by atoms with Crippen LogP contribution in [0.3, 0.4) is 0 Å². The highest BCUT2D eigenvalue weighted by molar-refractivity contribution is 6.04. The number of furan rings is 1. The Morgan fingerprint density at radius 1 is 1.10 bits per heavy atom. The largest absolute Gasteiger partial charge is 0.459 e. The summed E-state index contributed by atoms with van der Waals surface area (Å²) in [5.74, 6) is -1.16. The molecule has 0 radical (unpaired) electrons. The van der Waals surface area contributed by atoms with Crippen molar-refractivity contribution >= 4 is 29.2 Å². The van der Waals surface area contributed by atoms with Gasteiger partial charge in [-0.1, -0.05) is 24.3 Å². The molecule has 2 amide bonds. The molecule has 0 bridgehead atoms. The Morgan fingerprint density at radius 2 is 1.90 bits per heavy atom. The highest BCUT2D eigenvalue weighted by Crippen LogP contribution is 2.28. The van der Waals surface area contributed by atoms with Gasteiger partial charge in [0, 0.05) is 17.9 Å². The maximum absolute atomic E-state index is 12.9. The first-order valence-electron chi connectivity index (χ1n) is 10.00. The number of hydrogen-bond donors (Lipinski definition) is 1. The zero-order chi connectivity index (χ0) is 22.0. The van der Waals surface area contributed by atoms with E-state index < -0.39 is 18.0 Å². The first kappa shape index (κ1) is 20.4. The van der Waals surface area contributed by atoms with Crippen LogP contribution in [-0.2, 0) is 16.0 Å². The zero-order valence-electron chi connectivity index (χ0n) is 17.3. The fourth-order valence-electron chi connectivity index (χ4n) is 3.54. The lowest BCUT2D eigenvalue weighted by Crippen LogP contribution is -2.39. The summed E-state index contributed by atoms with van der Waals surface area (Å²) in [6, 6.07) is 15.7. The van der Waals surface area contributed by atoms with Gasteiger partial charge in [-0.15, -0.1) is 0 Å². The van der Waals surface area contributed by atoms with E-state index in [-0.39, 0.29) is 17.2 Å². The minimum absolute atomic E-state index is 0.164. The summed E-state index contributed by atoms with van der Waals surface area (Å²) in [5.41, 5.74) is 3.43. The third-order valence-corrected chi connectivity index (χ3v) is 5.25. The monoisotopic (exact) mass is 418 g/mol. The second-order valence-electron chi connectivity index (χ2n) is 7.38. The van der Waals surface area contributed by atoms with Crippen LogP contribution in [0.4, 0.5) is 11.4 Å². The Morgan fingerprint density at radius 3 is 2.68 bits per heavy atom. The van der Waals surface area contributed by atoms with Gasteiger partial charge < -0.3 is 19.4 Å². The first-order chi connectivity index (χ1) is 14.9. The second kappa shape index (κ2) is 8.47. The average molecular weight is 418 g/mol. The van der Waals surface area contributed by atoms with Gasteiger partial charge in [-0.2, -0.15) is 0 Å². The molecule has 0 saturated heterocycles. The smallest absolute Gasteiger partial charge is 0.338 e. The molecular weight excluding hydrogens is 396 g/mol. The van der Waals surface area contributed by atoms with Gasteiger partial charge in [0.25, 0.3) is 11.8 Å². The van der Waals surface area contributed by atoms with Gasteiger partial charge in [-0.3, -0.25) is 9.59 Å². The van der Waals surface area contributed by atoms with E-state index in [4.69, 9.17) is 9.15 Å². The van der Waals surface area contributed by atoms with Gasteiger partial charge in [-0.25, -0.2) is 4.79 Å². The van der Waals surface area contributed by atoms with Crippen molar-refractivity contribution in [3.63, 3.8) is 0 Å². The minimum Gasteiger partial charge on any atom is -0.459 e. The van der Waals surface area contributed by atoms with E-state index in [1.165, 1.54) is 12.3 Å². The number of para-hydroxylation sites is 1. The molecule has 158 valence electrons. The van der Waals surface area contributed by atoms with Gasteiger partial charge in [0.15, 0.2) is 11.9 Å². The standard InChI is InChI=1S/C24H22N2O5/c1-15-9-10-18(14-19(15)25-22(27)21-8-5-13-30-21)24(29)31-16(2)23(28)26-12-11-17-6-3-4-7-20(17)26/h3-10,13-14,16H,11-12H2,1-2H3,(H,25,27)/t16-/m0/s1. The van der Waals surface area contributed by atoms with Crippen molar-refractivity contribution in [2.24, 2.45) is 0 Å². The highest BCUT2D eigenvalue weighted by Gasteiger charge is 2.30. The van der Waals surface area contributed by atoms with Gasteiger partial charge in [0.05, 0.1) is 11.8 Å². The summed E-state index contributed by atoms with van der Waals surface area (Å²) in [7, 11) is 0. The Kier molecular flexibility index (Phi) is 5.58. The van der Waals surface area contributed by atoms with Crippen molar-refractivity contribution in [3.8, 4) is 0 Å². The Bertz CT molecular complexity index is 1140. The fraction of sp³-hybridized carbons (Fsp3) is 0.208. The third kappa shape index (κ3) is 4.21. The summed E-state index contributed by atoms with van der Waals surface area (Å²) in [4.78, 5) is 39.4. The van der Waals surface area contributed by atoms with Crippen LogP contribution in [0.2, 0.25) is 0 Å². The lowest BCUT2D eigenvalue weighted by molar-refractivity contribution is -0.126. The van der Waals surface area contributed by atoms with E-state index in [0.29, 0.717) is 12.2 Å². The number of nitrogens with zero attached hydrogens (tertiary/aromatic N) is 1. The number of nitrogens with one attached hydrogen (secondary N) is 1. The van der Waals surface area contributed by atoms with Crippen LogP contribution in [0, 0.1) is 6.92 Å². The number of ether oxygens (including phenoxy) is 1. The molecule has 4 rings (SSSR count). The SMILES string of the molecule is Cc1ccc(C(=O)O[C@@H](C)C(=O)N2CCc3ccccc32)cc1NC(=O)c1ccco1. The van der Waals surface area contributed by atoms with Crippen LogP contribution in [-0.4, -0.2) is 30.4 Å². The molecule has 0 spiro atoms. The summed E-state index contributed by atoms with van der Waals surface area (Å²) >= 11 is 0. The predicted octanol–water partition coefficient (Wildman–Crippen LogP) is 3.97. The number of esters is 1. The fourth-order valence-corrected chi connectivity index (χ4v) is 3.54. The van der Waals surface area contributed by atoms with Crippen molar-refractivity contribution in [2.75, 3.05) is 16.8 Å². The molecule has 1 atom stereocenters. The van der Waals surface area contributed by atoms with E-state index in [1.54, 1.807) is 36.1 Å². The Labute approximate surface area is 179 Å². The number of anilines is 2. The predicted molar refractivity (Wildman–Crippen MR) is 115 cm³/mol. The maximum atomic E-state index is 12.9. The van der Waals surface area contributed by atoms with E-state index >= 15 is 0 Å². The lowest BCUT2D eigenvalue weighted by Gasteiger charge is -2.22. The first-order valence-corrected chi connectivity index (χ1v) is 10.00. The highest BCUT2D eigenvalue weighted by atomic mass is 16.5. The van der Waals surface area contributed by atoms with Crippen LogP contribution in [0.1, 0.15) is 39.0 Å². The van der Waals surface area contributed by atoms with Crippen molar-refractivity contribution in [2.45, 2.75) is 26.4 Å². The van der Waals surface area contributed by atoms with Gasteiger partial charge in [0.1, 0.15) is 0 Å². The molecule has 1 N–H and O–H groups in total. The van der Waals surface area contributed by atoms with Gasteiger partial charge >= 0.3 is 5.97 Å². The van der Waals surface area contributed by atoms with E-state index in [1.807, 2.05) is 31.2 Å². The summed E-state index contributed by atoms with van der Waals surface area (Å²) in [6.07, 6.45) is 1.24. The second-order valence-corrected chi connectivity index (χ2v) is 7.38. The number of aryl methyl sites for hydroxylation is 1. The molecular formula is C24H22N2O5. The van der Waals surface area contributed by atoms with Crippen molar-refractivity contribution in [1.29, 1.82) is 0 Å². The van der Waals surface area contributed by atoms with Gasteiger partial charge in [-0.05, 0) is 61.7 Å². The zero-order valence-corrected chi connectivity index (χ0v) is 17.3. The topological polar surface area (TPSA) is 88.9 Å². The minimum atomic E-state index is -0.943. The average Bonchev–Trinajstić information content (AvgIpc) is 3.45. The molecule has 0 unspecified atom stereocenters. The number of amides is 2. The number of fused-ring (bicyclic) bond motifs is 1. The van der Waals surface area contributed by atoms with Crippen LogP contribution in [0.5, 0.6) is 0 Å². The number of benzene rings is 2. The normalized spacial score (nSPS) is 13.4. The molecule has 1 aliphatic rings. The molecule has 1 aliphatic heterocycles.